The number of amides is 2. The van der Waals surface area contributed by atoms with Gasteiger partial charge < -0.3 is 9.47 Å². The zero-order valence-corrected chi connectivity index (χ0v) is 15.8. The Balaban J connectivity index is 1.86. The summed E-state index contributed by atoms with van der Waals surface area (Å²) in [6, 6.07) is 13.0. The Morgan fingerprint density at radius 1 is 0.815 bits per heavy atom. The van der Waals surface area contributed by atoms with E-state index in [9.17, 15) is 13.2 Å². The van der Waals surface area contributed by atoms with Gasteiger partial charge in [-0.05, 0) is 24.3 Å². The molecule has 142 valence electrons. The van der Waals surface area contributed by atoms with Gasteiger partial charge in [-0.3, -0.25) is 9.80 Å². The van der Waals surface area contributed by atoms with Gasteiger partial charge in [0.15, 0.2) is 9.84 Å². The third kappa shape index (κ3) is 2.80. The molecule has 2 aliphatic heterocycles. The maximum absolute atomic E-state index is 13.4. The quantitative estimate of drug-likeness (QED) is 0.752. The number of urea groups is 1. The van der Waals surface area contributed by atoms with Crippen molar-refractivity contribution in [2.45, 2.75) is 12.1 Å². The number of fused-ring (bicyclic) bond motifs is 1. The van der Waals surface area contributed by atoms with Gasteiger partial charge in [0.25, 0.3) is 0 Å². The molecule has 0 N–H and O–H groups in total. The Morgan fingerprint density at radius 2 is 1.22 bits per heavy atom. The second-order valence-electron chi connectivity index (χ2n) is 6.58. The van der Waals surface area contributed by atoms with E-state index in [1.165, 1.54) is 14.2 Å². The van der Waals surface area contributed by atoms with Crippen molar-refractivity contribution in [2.75, 3.05) is 35.5 Å². The van der Waals surface area contributed by atoms with E-state index >= 15 is 0 Å². The predicted octanol–water partition coefficient (Wildman–Crippen LogP) is 2.32. The average molecular weight is 388 g/mol. The molecule has 0 aliphatic carbocycles. The van der Waals surface area contributed by atoms with Crippen LogP contribution in [0.15, 0.2) is 48.5 Å². The number of methoxy groups -OCH3 is 2. The average Bonchev–Trinajstić information content (AvgIpc) is 3.10. The molecule has 2 heterocycles. The van der Waals surface area contributed by atoms with E-state index in [2.05, 4.69) is 0 Å². The zero-order chi connectivity index (χ0) is 19.2. The summed E-state index contributed by atoms with van der Waals surface area (Å²) >= 11 is 0. The fraction of sp³-hybridized carbons (Fsp3) is 0.316. The van der Waals surface area contributed by atoms with E-state index in [4.69, 9.17) is 9.47 Å². The maximum Gasteiger partial charge on any atom is 0.329 e. The van der Waals surface area contributed by atoms with Gasteiger partial charge in [-0.15, -0.1) is 0 Å². The number of ether oxygens (including phenoxy) is 2. The van der Waals surface area contributed by atoms with Crippen molar-refractivity contribution in [3.63, 3.8) is 0 Å². The highest BCUT2D eigenvalue weighted by Crippen LogP contribution is 2.43. The van der Waals surface area contributed by atoms with E-state index in [-0.39, 0.29) is 17.5 Å². The molecule has 2 saturated heterocycles. The van der Waals surface area contributed by atoms with Gasteiger partial charge in [0, 0.05) is 0 Å². The molecule has 2 fully saturated rings. The summed E-state index contributed by atoms with van der Waals surface area (Å²) in [7, 11) is -0.211. The number of para-hydroxylation sites is 4. The van der Waals surface area contributed by atoms with Crippen molar-refractivity contribution >= 4 is 27.2 Å². The van der Waals surface area contributed by atoms with Gasteiger partial charge >= 0.3 is 6.03 Å². The predicted molar refractivity (Wildman–Crippen MR) is 103 cm³/mol. The fourth-order valence-corrected chi connectivity index (χ4v) is 5.84. The van der Waals surface area contributed by atoms with Crippen LogP contribution in [0.4, 0.5) is 16.2 Å². The Kier molecular flexibility index (Phi) is 4.22. The lowest BCUT2D eigenvalue weighted by Crippen LogP contribution is -2.38. The van der Waals surface area contributed by atoms with Crippen LogP contribution < -0.4 is 19.3 Å². The van der Waals surface area contributed by atoms with Crippen LogP contribution >= 0.6 is 0 Å². The van der Waals surface area contributed by atoms with Gasteiger partial charge in [-0.1, -0.05) is 24.3 Å². The molecule has 0 aromatic heterocycles. The molecule has 0 spiro atoms. The summed E-state index contributed by atoms with van der Waals surface area (Å²) < 4.78 is 35.6. The topological polar surface area (TPSA) is 76.2 Å². The first kappa shape index (κ1) is 17.7. The number of rotatable bonds is 4. The van der Waals surface area contributed by atoms with Crippen molar-refractivity contribution in [3.05, 3.63) is 48.5 Å². The molecule has 2 aromatic rings. The Labute approximate surface area is 158 Å². The normalized spacial score (nSPS) is 23.4. The van der Waals surface area contributed by atoms with Crippen LogP contribution in [0.5, 0.6) is 11.5 Å². The van der Waals surface area contributed by atoms with Crippen LogP contribution in [0.1, 0.15) is 0 Å². The van der Waals surface area contributed by atoms with Gasteiger partial charge in [0.2, 0.25) is 0 Å². The van der Waals surface area contributed by atoms with Crippen LogP contribution in [0, 0.1) is 0 Å². The maximum atomic E-state index is 13.4. The summed E-state index contributed by atoms with van der Waals surface area (Å²) in [4.78, 5) is 16.5. The molecule has 8 heteroatoms. The molecule has 0 saturated carbocycles. The zero-order valence-electron chi connectivity index (χ0n) is 15.0. The second kappa shape index (κ2) is 6.45. The molecule has 27 heavy (non-hydrogen) atoms. The number of carbonyl (C=O) groups is 1. The molecular formula is C19H20N2O5S. The Morgan fingerprint density at radius 3 is 1.63 bits per heavy atom. The van der Waals surface area contributed by atoms with Crippen molar-refractivity contribution in [1.29, 1.82) is 0 Å². The van der Waals surface area contributed by atoms with Crippen LogP contribution in [0.3, 0.4) is 0 Å². The molecule has 0 unspecified atom stereocenters. The summed E-state index contributed by atoms with van der Waals surface area (Å²) in [5, 5.41) is 0. The molecule has 4 rings (SSSR count). The first-order chi connectivity index (χ1) is 13.0. The van der Waals surface area contributed by atoms with Crippen LogP contribution in [0.2, 0.25) is 0 Å². The molecule has 2 amide bonds. The third-order valence-electron chi connectivity index (χ3n) is 5.06. The van der Waals surface area contributed by atoms with Gasteiger partial charge in [0.1, 0.15) is 11.5 Å². The van der Waals surface area contributed by atoms with Crippen molar-refractivity contribution in [2.24, 2.45) is 0 Å². The minimum Gasteiger partial charge on any atom is -0.495 e. The summed E-state index contributed by atoms with van der Waals surface area (Å²) in [5.74, 6) is 0.895. The Hall–Kier alpha value is -2.74. The third-order valence-corrected chi connectivity index (χ3v) is 6.76. The van der Waals surface area contributed by atoms with E-state index in [0.29, 0.717) is 22.9 Å². The summed E-state index contributed by atoms with van der Waals surface area (Å²) in [5.41, 5.74) is 1.13. The SMILES string of the molecule is COc1ccccc1N1C(=O)N(c2ccccc2OC)[C@H]2CS(=O)(=O)C[C@@H]21. The van der Waals surface area contributed by atoms with E-state index in [0.717, 1.165) is 0 Å². The minimum atomic E-state index is -3.27. The number of hydrogen-bond donors (Lipinski definition) is 0. The van der Waals surface area contributed by atoms with E-state index in [1.807, 2.05) is 12.1 Å². The van der Waals surface area contributed by atoms with Gasteiger partial charge in [-0.25, -0.2) is 13.2 Å². The minimum absolute atomic E-state index is 0.0763. The molecule has 2 atom stereocenters. The highest BCUT2D eigenvalue weighted by atomic mass is 32.2. The fourth-order valence-electron chi connectivity index (χ4n) is 3.92. The standard InChI is InChI=1S/C19H20N2O5S/c1-25-17-9-5-3-7-13(17)20-15-11-27(23,24)12-16(15)21(19(20)22)14-8-4-6-10-18(14)26-2/h3-10,15-16H,11-12H2,1-2H3/t15-,16-/m0/s1. The molecule has 0 radical (unpaired) electrons. The van der Waals surface area contributed by atoms with Gasteiger partial charge in [-0.2, -0.15) is 0 Å². The molecule has 0 bridgehead atoms. The summed E-state index contributed by atoms with van der Waals surface area (Å²) in [6.07, 6.45) is 0. The first-order valence-corrected chi connectivity index (χ1v) is 10.4. The Bertz CT molecular complexity index is 920. The molecule has 2 aromatic carbocycles. The lowest BCUT2D eigenvalue weighted by atomic mass is 10.1. The smallest absolute Gasteiger partial charge is 0.329 e. The lowest BCUT2D eigenvalue weighted by Gasteiger charge is -2.24. The van der Waals surface area contributed by atoms with Crippen LogP contribution in [-0.4, -0.2) is 52.3 Å². The van der Waals surface area contributed by atoms with Crippen molar-refractivity contribution in [1.82, 2.24) is 0 Å². The molecular weight excluding hydrogens is 368 g/mol. The summed E-state index contributed by atoms with van der Waals surface area (Å²) in [6.45, 7) is 0. The highest BCUT2D eigenvalue weighted by Gasteiger charge is 2.55. The van der Waals surface area contributed by atoms with Crippen LogP contribution in [0.25, 0.3) is 0 Å². The number of nitrogens with zero attached hydrogens (tertiary/aromatic N) is 2. The first-order valence-electron chi connectivity index (χ1n) is 8.55. The number of sulfone groups is 1. The van der Waals surface area contributed by atoms with Crippen molar-refractivity contribution in [3.8, 4) is 11.5 Å². The number of anilines is 2. The van der Waals surface area contributed by atoms with Gasteiger partial charge in [0.05, 0.1) is 49.2 Å². The number of benzene rings is 2. The monoisotopic (exact) mass is 388 g/mol. The second-order valence-corrected chi connectivity index (χ2v) is 8.73. The van der Waals surface area contributed by atoms with Crippen LogP contribution in [-0.2, 0) is 9.84 Å². The lowest BCUT2D eigenvalue weighted by molar-refractivity contribution is 0.254. The van der Waals surface area contributed by atoms with E-state index in [1.54, 1.807) is 46.2 Å². The molecule has 7 nitrogen and oxygen atoms in total. The number of hydrogen-bond acceptors (Lipinski definition) is 5. The van der Waals surface area contributed by atoms with Crippen molar-refractivity contribution < 1.29 is 22.7 Å². The van der Waals surface area contributed by atoms with E-state index < -0.39 is 21.9 Å². The highest BCUT2D eigenvalue weighted by molar-refractivity contribution is 7.91. The largest absolute Gasteiger partial charge is 0.495 e. The molecule has 2 aliphatic rings. The number of carbonyl (C=O) groups excluding carboxylic acids is 1.